The predicted octanol–water partition coefficient (Wildman–Crippen LogP) is 1.20. The first kappa shape index (κ1) is 17.4. The molecule has 7 heteroatoms. The van der Waals surface area contributed by atoms with E-state index in [2.05, 4.69) is 10.4 Å². The fraction of sp³-hybridized carbons (Fsp3) is 0.500. The van der Waals surface area contributed by atoms with Gasteiger partial charge in [0.2, 0.25) is 0 Å². The Morgan fingerprint density at radius 2 is 2.08 bits per heavy atom. The number of likely N-dealkylation sites (tertiary alicyclic amines) is 1. The van der Waals surface area contributed by atoms with Gasteiger partial charge < -0.3 is 15.3 Å². The number of nitrogens with zero attached hydrogens (tertiary/aromatic N) is 3. The first-order valence-electron chi connectivity index (χ1n) is 8.69. The highest BCUT2D eigenvalue weighted by atomic mass is 16.3. The van der Waals surface area contributed by atoms with E-state index in [0.29, 0.717) is 30.9 Å². The number of aromatic nitrogens is 2. The van der Waals surface area contributed by atoms with Crippen molar-refractivity contribution in [3.8, 4) is 0 Å². The quantitative estimate of drug-likeness (QED) is 0.872. The Balaban J connectivity index is 1.61. The maximum absolute atomic E-state index is 12.5. The van der Waals surface area contributed by atoms with E-state index in [1.807, 2.05) is 25.1 Å². The van der Waals surface area contributed by atoms with Gasteiger partial charge in [0.1, 0.15) is 0 Å². The second kappa shape index (κ2) is 7.65. The lowest BCUT2D eigenvalue weighted by atomic mass is 9.98. The van der Waals surface area contributed by atoms with Crippen LogP contribution in [0.4, 0.5) is 4.79 Å². The van der Waals surface area contributed by atoms with Crippen molar-refractivity contribution in [1.29, 1.82) is 0 Å². The number of piperidine rings is 1. The summed E-state index contributed by atoms with van der Waals surface area (Å²) in [5.41, 5.74) is -0.150. The molecule has 1 saturated heterocycles. The molecule has 0 radical (unpaired) electrons. The van der Waals surface area contributed by atoms with Gasteiger partial charge in [0.05, 0.1) is 18.1 Å². The van der Waals surface area contributed by atoms with Crippen molar-refractivity contribution in [2.24, 2.45) is 5.92 Å². The summed E-state index contributed by atoms with van der Waals surface area (Å²) in [5, 5.41) is 17.7. The van der Waals surface area contributed by atoms with Crippen LogP contribution in [0.2, 0.25) is 0 Å². The minimum atomic E-state index is -0.213. The average molecular weight is 344 g/mol. The highest BCUT2D eigenvalue weighted by molar-refractivity contribution is 5.80. The van der Waals surface area contributed by atoms with E-state index in [9.17, 15) is 9.59 Å². The van der Waals surface area contributed by atoms with Crippen LogP contribution in [0.15, 0.2) is 35.3 Å². The molecule has 0 spiro atoms. The van der Waals surface area contributed by atoms with Crippen LogP contribution in [-0.2, 0) is 6.54 Å². The Labute approximate surface area is 146 Å². The van der Waals surface area contributed by atoms with E-state index in [0.717, 1.165) is 18.2 Å². The van der Waals surface area contributed by atoms with Gasteiger partial charge in [0.15, 0.2) is 0 Å². The second-order valence-electron chi connectivity index (χ2n) is 6.68. The summed E-state index contributed by atoms with van der Waals surface area (Å²) in [6.45, 7) is 3.67. The number of rotatable bonds is 4. The third-order valence-electron chi connectivity index (χ3n) is 4.74. The van der Waals surface area contributed by atoms with Crippen LogP contribution in [0.25, 0.3) is 10.8 Å². The van der Waals surface area contributed by atoms with Crippen LogP contribution < -0.4 is 10.9 Å². The molecule has 1 atom stereocenters. The Morgan fingerprint density at radius 3 is 2.80 bits per heavy atom. The lowest BCUT2D eigenvalue weighted by molar-refractivity contribution is 0.135. The summed E-state index contributed by atoms with van der Waals surface area (Å²) >= 11 is 0. The maximum Gasteiger partial charge on any atom is 0.317 e. The van der Waals surface area contributed by atoms with E-state index >= 15 is 0 Å². The van der Waals surface area contributed by atoms with E-state index < -0.39 is 0 Å². The number of carbonyl (C=O) groups is 1. The van der Waals surface area contributed by atoms with Crippen LogP contribution in [0.3, 0.4) is 0 Å². The molecule has 2 N–H and O–H groups in total. The zero-order chi connectivity index (χ0) is 17.8. The number of aliphatic hydroxyl groups excluding tert-OH is 1. The van der Waals surface area contributed by atoms with Gasteiger partial charge in [0.25, 0.3) is 5.56 Å². The molecule has 1 aromatic heterocycles. The molecule has 2 heterocycles. The predicted molar refractivity (Wildman–Crippen MR) is 95.4 cm³/mol. The molecule has 0 saturated carbocycles. The zero-order valence-corrected chi connectivity index (χ0v) is 14.4. The van der Waals surface area contributed by atoms with Crippen molar-refractivity contribution in [3.63, 3.8) is 0 Å². The third kappa shape index (κ3) is 3.99. The van der Waals surface area contributed by atoms with E-state index in [-0.39, 0.29) is 24.2 Å². The van der Waals surface area contributed by atoms with Gasteiger partial charge in [-0.2, -0.15) is 5.10 Å². The number of amides is 2. The molecule has 2 amide bonds. The minimum absolute atomic E-state index is 0.127. The van der Waals surface area contributed by atoms with Crippen LogP contribution in [0.1, 0.15) is 19.8 Å². The smallest absolute Gasteiger partial charge is 0.317 e. The number of hydrogen-bond donors (Lipinski definition) is 2. The summed E-state index contributed by atoms with van der Waals surface area (Å²) in [6, 6.07) is 7.00. The fourth-order valence-corrected chi connectivity index (χ4v) is 3.18. The fourth-order valence-electron chi connectivity index (χ4n) is 3.18. The Kier molecular flexibility index (Phi) is 5.33. The lowest BCUT2D eigenvalue weighted by Gasteiger charge is -2.32. The standard InChI is InChI=1S/C18H24N4O3/c1-13(20-18(25)21-8-6-14(12-23)7-9-21)11-22-17(24)16-5-3-2-4-15(16)10-19-22/h2-5,10,13-14,23H,6-9,11-12H2,1H3,(H,20,25). The number of benzene rings is 1. The number of urea groups is 1. The van der Waals surface area contributed by atoms with Gasteiger partial charge in [-0.05, 0) is 31.7 Å². The van der Waals surface area contributed by atoms with Crippen molar-refractivity contribution < 1.29 is 9.90 Å². The van der Waals surface area contributed by atoms with E-state index in [4.69, 9.17) is 5.11 Å². The normalized spacial score (nSPS) is 16.8. The highest BCUT2D eigenvalue weighted by Crippen LogP contribution is 2.16. The Morgan fingerprint density at radius 1 is 1.36 bits per heavy atom. The summed E-state index contributed by atoms with van der Waals surface area (Å²) in [5.74, 6) is 0.293. The van der Waals surface area contributed by atoms with Gasteiger partial charge in [-0.1, -0.05) is 18.2 Å². The molecule has 134 valence electrons. The Bertz CT molecular complexity index is 796. The van der Waals surface area contributed by atoms with Crippen LogP contribution in [0.5, 0.6) is 0 Å². The molecule has 1 unspecified atom stereocenters. The van der Waals surface area contributed by atoms with E-state index in [1.165, 1.54) is 4.68 Å². The molecule has 1 aliphatic rings. The number of nitrogens with one attached hydrogen (secondary N) is 1. The minimum Gasteiger partial charge on any atom is -0.396 e. The first-order valence-corrected chi connectivity index (χ1v) is 8.69. The molecule has 25 heavy (non-hydrogen) atoms. The molecular formula is C18H24N4O3. The summed E-state index contributed by atoms with van der Waals surface area (Å²) in [4.78, 5) is 26.6. The molecule has 7 nitrogen and oxygen atoms in total. The monoisotopic (exact) mass is 344 g/mol. The largest absolute Gasteiger partial charge is 0.396 e. The highest BCUT2D eigenvalue weighted by Gasteiger charge is 2.23. The first-order chi connectivity index (χ1) is 12.1. The number of carbonyl (C=O) groups excluding carboxylic acids is 1. The average Bonchev–Trinajstić information content (AvgIpc) is 2.64. The molecule has 1 aliphatic heterocycles. The molecule has 0 aliphatic carbocycles. The second-order valence-corrected chi connectivity index (χ2v) is 6.68. The van der Waals surface area contributed by atoms with Crippen LogP contribution in [0, 0.1) is 5.92 Å². The summed E-state index contributed by atoms with van der Waals surface area (Å²) in [6.07, 6.45) is 3.32. The topological polar surface area (TPSA) is 87.5 Å². The van der Waals surface area contributed by atoms with Gasteiger partial charge in [-0.15, -0.1) is 0 Å². The van der Waals surface area contributed by atoms with Crippen molar-refractivity contribution in [2.75, 3.05) is 19.7 Å². The number of hydrogen-bond acceptors (Lipinski definition) is 4. The Hall–Kier alpha value is -2.41. The molecular weight excluding hydrogens is 320 g/mol. The lowest BCUT2D eigenvalue weighted by Crippen LogP contribution is -2.49. The van der Waals surface area contributed by atoms with Crippen molar-refractivity contribution >= 4 is 16.8 Å². The van der Waals surface area contributed by atoms with Gasteiger partial charge in [-0.3, -0.25) is 4.79 Å². The molecule has 1 fully saturated rings. The van der Waals surface area contributed by atoms with Crippen molar-refractivity contribution in [3.05, 3.63) is 40.8 Å². The number of aliphatic hydroxyl groups is 1. The van der Waals surface area contributed by atoms with Crippen molar-refractivity contribution in [1.82, 2.24) is 20.0 Å². The molecule has 2 aromatic rings. The zero-order valence-electron chi connectivity index (χ0n) is 14.4. The van der Waals surface area contributed by atoms with Crippen LogP contribution >= 0.6 is 0 Å². The van der Waals surface area contributed by atoms with Crippen molar-refractivity contribution in [2.45, 2.75) is 32.4 Å². The van der Waals surface area contributed by atoms with Gasteiger partial charge in [0, 0.05) is 31.1 Å². The summed E-state index contributed by atoms with van der Waals surface area (Å²) < 4.78 is 1.39. The SMILES string of the molecule is CC(Cn1ncc2ccccc2c1=O)NC(=O)N1CCC(CO)CC1. The maximum atomic E-state index is 12.5. The van der Waals surface area contributed by atoms with Gasteiger partial charge >= 0.3 is 6.03 Å². The third-order valence-corrected chi connectivity index (χ3v) is 4.74. The summed E-state index contributed by atoms with van der Waals surface area (Å²) in [7, 11) is 0. The van der Waals surface area contributed by atoms with E-state index in [1.54, 1.807) is 17.2 Å². The molecule has 0 bridgehead atoms. The molecule has 3 rings (SSSR count). The number of fused-ring (bicyclic) bond motifs is 1. The van der Waals surface area contributed by atoms with Gasteiger partial charge in [-0.25, -0.2) is 9.48 Å². The van der Waals surface area contributed by atoms with Crippen LogP contribution in [-0.4, -0.2) is 51.6 Å². The molecule has 1 aromatic carbocycles.